The van der Waals surface area contributed by atoms with Gasteiger partial charge in [0.05, 0.1) is 4.90 Å². The lowest BCUT2D eigenvalue weighted by atomic mass is 10.2. The maximum Gasteiger partial charge on any atom is 0.320 e. The van der Waals surface area contributed by atoms with Crippen LogP contribution >= 0.6 is 11.8 Å². The smallest absolute Gasteiger partial charge is 0.320 e. The number of carbonyl (C=O) groups is 1. The van der Waals surface area contributed by atoms with Gasteiger partial charge in [-0.05, 0) is 30.7 Å². The molecule has 0 saturated carbocycles. The summed E-state index contributed by atoms with van der Waals surface area (Å²) in [6, 6.07) is 6.18. The lowest BCUT2D eigenvalue weighted by Crippen LogP contribution is -2.41. The molecule has 0 spiro atoms. The molecular weight excluding hydrogens is 310 g/mol. The van der Waals surface area contributed by atoms with Crippen LogP contribution < -0.4 is 5.32 Å². The Morgan fingerprint density at radius 2 is 1.86 bits per heavy atom. The van der Waals surface area contributed by atoms with Crippen LogP contribution in [0.2, 0.25) is 0 Å². The van der Waals surface area contributed by atoms with Crippen molar-refractivity contribution < 1.29 is 18.3 Å². The van der Waals surface area contributed by atoms with Crippen molar-refractivity contribution in [3.63, 3.8) is 0 Å². The van der Waals surface area contributed by atoms with Gasteiger partial charge in [0.15, 0.2) is 9.84 Å². The highest BCUT2D eigenvalue weighted by molar-refractivity contribution is 7.99. The Balaban J connectivity index is 2.53. The van der Waals surface area contributed by atoms with E-state index in [-0.39, 0.29) is 10.9 Å². The van der Waals surface area contributed by atoms with Gasteiger partial charge in [0.25, 0.3) is 0 Å². The maximum atomic E-state index is 11.3. The molecule has 0 radical (unpaired) electrons. The van der Waals surface area contributed by atoms with E-state index in [4.69, 9.17) is 5.11 Å². The number of hydrogen-bond donors (Lipinski definition) is 2. The van der Waals surface area contributed by atoms with Gasteiger partial charge in [0.2, 0.25) is 0 Å². The van der Waals surface area contributed by atoms with Gasteiger partial charge < -0.3 is 10.4 Å². The Morgan fingerprint density at radius 1 is 1.29 bits per heavy atom. The van der Waals surface area contributed by atoms with Gasteiger partial charge in [-0.1, -0.05) is 13.8 Å². The first-order chi connectivity index (χ1) is 9.70. The number of carboxylic acids is 1. The van der Waals surface area contributed by atoms with E-state index in [9.17, 15) is 13.2 Å². The SMILES string of the molecule is CC(C)NC(CCSc1ccc(S(C)(=O)=O)cc1)C(=O)O. The van der Waals surface area contributed by atoms with Crippen LogP contribution in [0.3, 0.4) is 0 Å². The minimum Gasteiger partial charge on any atom is -0.480 e. The largest absolute Gasteiger partial charge is 0.480 e. The number of sulfone groups is 1. The highest BCUT2D eigenvalue weighted by Gasteiger charge is 2.17. The number of benzene rings is 1. The Morgan fingerprint density at radius 3 is 2.29 bits per heavy atom. The summed E-state index contributed by atoms with van der Waals surface area (Å²) in [6.45, 7) is 3.82. The minimum atomic E-state index is -3.18. The third-order valence-corrected chi connectivity index (χ3v) is 4.93. The Bertz CT molecular complexity index is 567. The summed E-state index contributed by atoms with van der Waals surface area (Å²) in [5, 5.41) is 12.1. The molecule has 2 N–H and O–H groups in total. The molecule has 0 aliphatic rings. The van der Waals surface area contributed by atoms with Gasteiger partial charge in [-0.2, -0.15) is 0 Å². The van der Waals surface area contributed by atoms with Gasteiger partial charge in [-0.15, -0.1) is 11.8 Å². The normalized spacial score (nSPS) is 13.3. The molecule has 1 rings (SSSR count). The molecule has 0 aliphatic heterocycles. The molecule has 7 heteroatoms. The molecule has 0 amide bonds. The molecular formula is C14H21NO4S2. The third-order valence-electron chi connectivity index (χ3n) is 2.76. The molecule has 1 aromatic carbocycles. The van der Waals surface area contributed by atoms with Crippen LogP contribution in [0.5, 0.6) is 0 Å². The van der Waals surface area contributed by atoms with Crippen molar-refractivity contribution in [2.24, 2.45) is 0 Å². The van der Waals surface area contributed by atoms with E-state index in [1.165, 1.54) is 18.0 Å². The molecule has 1 unspecified atom stereocenters. The van der Waals surface area contributed by atoms with Crippen molar-refractivity contribution in [2.45, 2.75) is 42.1 Å². The molecule has 1 aromatic rings. The van der Waals surface area contributed by atoms with Gasteiger partial charge in [0.1, 0.15) is 6.04 Å². The molecule has 0 heterocycles. The topological polar surface area (TPSA) is 83.5 Å². The van der Waals surface area contributed by atoms with E-state index in [0.29, 0.717) is 12.2 Å². The molecule has 0 aromatic heterocycles. The van der Waals surface area contributed by atoms with E-state index >= 15 is 0 Å². The number of thioether (sulfide) groups is 1. The number of rotatable bonds is 8. The fraction of sp³-hybridized carbons (Fsp3) is 0.500. The standard InChI is InChI=1S/C14H21NO4S2/c1-10(2)15-13(14(16)17)8-9-20-11-4-6-12(7-5-11)21(3,18)19/h4-7,10,13,15H,8-9H2,1-3H3,(H,16,17). The Hall–Kier alpha value is -1.05. The summed E-state index contributed by atoms with van der Waals surface area (Å²) in [5.74, 6) is -0.203. The molecule has 5 nitrogen and oxygen atoms in total. The predicted octanol–water partition coefficient (Wildman–Crippen LogP) is 2.02. The van der Waals surface area contributed by atoms with Crippen molar-refractivity contribution in [3.8, 4) is 0 Å². The monoisotopic (exact) mass is 331 g/mol. The number of carboxylic acid groups (broad SMARTS) is 1. The number of aliphatic carboxylic acids is 1. The first-order valence-corrected chi connectivity index (χ1v) is 9.49. The summed E-state index contributed by atoms with van der Waals surface area (Å²) in [7, 11) is -3.18. The fourth-order valence-electron chi connectivity index (χ4n) is 1.76. The first kappa shape index (κ1) is 18.0. The summed E-state index contributed by atoms with van der Waals surface area (Å²) in [4.78, 5) is 12.3. The highest BCUT2D eigenvalue weighted by Crippen LogP contribution is 2.21. The van der Waals surface area contributed by atoms with Crippen LogP contribution in [-0.4, -0.2) is 43.6 Å². The summed E-state index contributed by atoms with van der Waals surface area (Å²) < 4.78 is 22.7. The van der Waals surface area contributed by atoms with Crippen molar-refractivity contribution in [1.82, 2.24) is 5.32 Å². The number of nitrogens with one attached hydrogen (secondary N) is 1. The fourth-order valence-corrected chi connectivity index (χ4v) is 3.31. The van der Waals surface area contributed by atoms with Crippen LogP contribution in [0.25, 0.3) is 0 Å². The van der Waals surface area contributed by atoms with Crippen molar-refractivity contribution >= 4 is 27.6 Å². The summed E-state index contributed by atoms with van der Waals surface area (Å²) >= 11 is 1.51. The quantitative estimate of drug-likeness (QED) is 0.709. The number of hydrogen-bond acceptors (Lipinski definition) is 5. The van der Waals surface area contributed by atoms with Crippen molar-refractivity contribution in [3.05, 3.63) is 24.3 Å². The van der Waals surface area contributed by atoms with Crippen molar-refractivity contribution in [1.29, 1.82) is 0 Å². The second kappa shape index (κ2) is 7.82. The van der Waals surface area contributed by atoms with Gasteiger partial charge >= 0.3 is 5.97 Å². The van der Waals surface area contributed by atoms with Gasteiger partial charge in [-0.25, -0.2) is 8.42 Å². The van der Waals surface area contributed by atoms with E-state index in [1.54, 1.807) is 24.3 Å². The first-order valence-electron chi connectivity index (χ1n) is 6.62. The average Bonchev–Trinajstić information content (AvgIpc) is 2.36. The molecule has 0 saturated heterocycles. The average molecular weight is 331 g/mol. The van der Waals surface area contributed by atoms with E-state index in [0.717, 1.165) is 4.90 Å². The van der Waals surface area contributed by atoms with Crippen LogP contribution in [0.4, 0.5) is 0 Å². The molecule has 0 fully saturated rings. The van der Waals surface area contributed by atoms with Crippen LogP contribution in [0.15, 0.2) is 34.1 Å². The Labute approximate surface area is 130 Å². The zero-order valence-electron chi connectivity index (χ0n) is 12.4. The molecule has 118 valence electrons. The van der Waals surface area contributed by atoms with Crippen molar-refractivity contribution in [2.75, 3.05) is 12.0 Å². The highest BCUT2D eigenvalue weighted by atomic mass is 32.2. The van der Waals surface area contributed by atoms with E-state index in [1.807, 2.05) is 13.8 Å². The predicted molar refractivity (Wildman–Crippen MR) is 84.6 cm³/mol. The Kier molecular flexibility index (Phi) is 6.70. The molecule has 0 bridgehead atoms. The van der Waals surface area contributed by atoms with Crippen LogP contribution in [0, 0.1) is 0 Å². The second-order valence-electron chi connectivity index (χ2n) is 5.09. The van der Waals surface area contributed by atoms with Gasteiger partial charge in [-0.3, -0.25) is 4.79 Å². The summed E-state index contributed by atoms with van der Waals surface area (Å²) in [6.07, 6.45) is 1.68. The third kappa shape index (κ3) is 6.50. The zero-order chi connectivity index (χ0) is 16.0. The molecule has 1 atom stereocenters. The molecule has 21 heavy (non-hydrogen) atoms. The van der Waals surface area contributed by atoms with Crippen LogP contribution in [0.1, 0.15) is 20.3 Å². The van der Waals surface area contributed by atoms with Crippen LogP contribution in [-0.2, 0) is 14.6 Å². The summed E-state index contributed by atoms with van der Waals surface area (Å²) in [5.41, 5.74) is 0. The van der Waals surface area contributed by atoms with Gasteiger partial charge in [0, 0.05) is 22.9 Å². The van der Waals surface area contributed by atoms with E-state index in [2.05, 4.69) is 5.32 Å². The lowest BCUT2D eigenvalue weighted by molar-refractivity contribution is -0.139. The minimum absolute atomic E-state index is 0.116. The molecule has 0 aliphatic carbocycles. The lowest BCUT2D eigenvalue weighted by Gasteiger charge is -2.16. The second-order valence-corrected chi connectivity index (χ2v) is 8.28. The maximum absolute atomic E-state index is 11.3. The zero-order valence-corrected chi connectivity index (χ0v) is 14.0. The van der Waals surface area contributed by atoms with E-state index < -0.39 is 21.8 Å².